The lowest BCUT2D eigenvalue weighted by Gasteiger charge is -2.30. The average molecular weight is 427 g/mol. The van der Waals surface area contributed by atoms with Crippen molar-refractivity contribution in [3.8, 4) is 5.75 Å². The molecule has 148 valence electrons. The van der Waals surface area contributed by atoms with Crippen LogP contribution in [-0.4, -0.2) is 25.1 Å². The zero-order valence-corrected chi connectivity index (χ0v) is 17.6. The summed E-state index contributed by atoms with van der Waals surface area (Å²) in [6.07, 6.45) is 0. The van der Waals surface area contributed by atoms with Crippen LogP contribution in [0.25, 0.3) is 0 Å². The van der Waals surface area contributed by atoms with Crippen LogP contribution in [0.1, 0.15) is 22.6 Å². The summed E-state index contributed by atoms with van der Waals surface area (Å²) in [5.41, 5.74) is 3.53. The van der Waals surface area contributed by atoms with E-state index in [2.05, 4.69) is 0 Å². The van der Waals surface area contributed by atoms with Crippen molar-refractivity contribution in [2.24, 2.45) is 0 Å². The molecule has 3 aromatic rings. The quantitative estimate of drug-likeness (QED) is 0.537. The number of carbonyl (C=O) groups is 1. The van der Waals surface area contributed by atoms with Crippen molar-refractivity contribution in [1.82, 2.24) is 5.01 Å². The second-order valence-corrected chi connectivity index (χ2v) is 7.70. The van der Waals surface area contributed by atoms with Crippen LogP contribution in [-0.2, 0) is 11.3 Å². The zero-order chi connectivity index (χ0) is 20.5. The average Bonchev–Trinajstić information content (AvgIpc) is 3.03. The van der Waals surface area contributed by atoms with Crippen molar-refractivity contribution in [2.75, 3.05) is 19.2 Å². The van der Waals surface area contributed by atoms with Gasteiger partial charge in [0.15, 0.2) is 0 Å². The fourth-order valence-electron chi connectivity index (χ4n) is 3.80. The summed E-state index contributed by atoms with van der Waals surface area (Å²) >= 11 is 12.9. The number of fused-ring (bicyclic) bond motifs is 1. The summed E-state index contributed by atoms with van der Waals surface area (Å²) in [5, 5.41) is 4.53. The monoisotopic (exact) mass is 426 g/mol. The Morgan fingerprint density at radius 3 is 2.41 bits per heavy atom. The van der Waals surface area contributed by atoms with Crippen LogP contribution in [0.2, 0.25) is 10.0 Å². The van der Waals surface area contributed by atoms with Crippen molar-refractivity contribution in [1.29, 1.82) is 0 Å². The molecule has 0 spiro atoms. The van der Waals surface area contributed by atoms with Crippen LogP contribution in [0.4, 0.5) is 5.69 Å². The molecule has 1 heterocycles. The third kappa shape index (κ3) is 3.48. The summed E-state index contributed by atoms with van der Waals surface area (Å²) < 4.78 is 5.31. The van der Waals surface area contributed by atoms with Crippen molar-refractivity contribution in [3.05, 3.63) is 93.5 Å². The molecular weight excluding hydrogens is 407 g/mol. The number of amides is 1. The number of benzene rings is 3. The van der Waals surface area contributed by atoms with Gasteiger partial charge >= 0.3 is 0 Å². The highest BCUT2D eigenvalue weighted by molar-refractivity contribution is 6.37. The number of hydrazine groups is 1. The molecule has 0 aromatic heterocycles. The number of hydrogen-bond donors (Lipinski definition) is 0. The van der Waals surface area contributed by atoms with E-state index < -0.39 is 0 Å². The minimum Gasteiger partial charge on any atom is -0.495 e. The Labute approximate surface area is 180 Å². The van der Waals surface area contributed by atoms with E-state index in [4.69, 9.17) is 27.9 Å². The van der Waals surface area contributed by atoms with Gasteiger partial charge in [0, 0.05) is 24.2 Å². The van der Waals surface area contributed by atoms with Crippen LogP contribution >= 0.6 is 23.2 Å². The SMILES string of the molecule is COc1ccc(Cl)c(CN(C)N2C(=O)C(c3ccccc3)c3ccccc32)c1Cl. The number of nitrogens with zero attached hydrogens (tertiary/aromatic N) is 2. The predicted molar refractivity (Wildman–Crippen MR) is 117 cm³/mol. The summed E-state index contributed by atoms with van der Waals surface area (Å²) in [7, 11) is 3.42. The van der Waals surface area contributed by atoms with E-state index in [0.29, 0.717) is 27.9 Å². The Kier molecular flexibility index (Phi) is 5.50. The van der Waals surface area contributed by atoms with Crippen LogP contribution in [0, 0.1) is 0 Å². The molecule has 1 amide bonds. The molecule has 1 aliphatic heterocycles. The second-order valence-electron chi connectivity index (χ2n) is 6.91. The highest BCUT2D eigenvalue weighted by Crippen LogP contribution is 2.42. The van der Waals surface area contributed by atoms with Crippen LogP contribution in [0.3, 0.4) is 0 Å². The Hall–Kier alpha value is -2.53. The molecule has 0 fully saturated rings. The number of methoxy groups -OCH3 is 1. The topological polar surface area (TPSA) is 32.8 Å². The largest absolute Gasteiger partial charge is 0.495 e. The Bertz CT molecular complexity index is 1060. The van der Waals surface area contributed by atoms with Crippen molar-refractivity contribution >= 4 is 34.8 Å². The first-order chi connectivity index (χ1) is 14.0. The molecule has 0 saturated heterocycles. The van der Waals surface area contributed by atoms with E-state index in [9.17, 15) is 4.79 Å². The van der Waals surface area contributed by atoms with Crippen molar-refractivity contribution in [3.63, 3.8) is 0 Å². The standard InChI is InChI=1S/C23H20Cl2N2O2/c1-26(14-17-18(24)12-13-20(29-2)22(17)25)27-19-11-7-6-10-16(19)21(23(27)28)15-8-4-3-5-9-15/h3-13,21H,14H2,1-2H3. The number of ether oxygens (including phenoxy) is 1. The first kappa shape index (κ1) is 19.8. The maximum absolute atomic E-state index is 13.5. The first-order valence-corrected chi connectivity index (χ1v) is 9.98. The normalized spacial score (nSPS) is 15.7. The van der Waals surface area contributed by atoms with Crippen LogP contribution < -0.4 is 9.75 Å². The molecule has 0 aliphatic carbocycles. The number of halogens is 2. The molecular formula is C23H20Cl2N2O2. The molecule has 0 N–H and O–H groups in total. The maximum Gasteiger partial charge on any atom is 0.253 e. The van der Waals surface area contributed by atoms with E-state index >= 15 is 0 Å². The first-order valence-electron chi connectivity index (χ1n) is 9.22. The van der Waals surface area contributed by atoms with Gasteiger partial charge in [-0.05, 0) is 29.3 Å². The van der Waals surface area contributed by atoms with Crippen molar-refractivity contribution < 1.29 is 9.53 Å². The molecule has 3 aromatic carbocycles. The number of carbonyl (C=O) groups excluding carboxylic acids is 1. The zero-order valence-electron chi connectivity index (χ0n) is 16.1. The lowest BCUT2D eigenvalue weighted by Crippen LogP contribution is -2.42. The molecule has 1 aliphatic rings. The van der Waals surface area contributed by atoms with E-state index in [0.717, 1.165) is 16.8 Å². The van der Waals surface area contributed by atoms with Gasteiger partial charge in [0.2, 0.25) is 0 Å². The number of hydrogen-bond acceptors (Lipinski definition) is 3. The molecule has 6 heteroatoms. The Morgan fingerprint density at radius 1 is 1.00 bits per heavy atom. The molecule has 4 rings (SSSR count). The predicted octanol–water partition coefficient (Wildman–Crippen LogP) is 5.53. The molecule has 0 radical (unpaired) electrons. The Balaban J connectivity index is 1.71. The smallest absolute Gasteiger partial charge is 0.253 e. The van der Waals surface area contributed by atoms with Gasteiger partial charge in [-0.2, -0.15) is 0 Å². The third-order valence-electron chi connectivity index (χ3n) is 5.16. The molecule has 0 saturated carbocycles. The molecule has 4 nitrogen and oxygen atoms in total. The Morgan fingerprint density at radius 2 is 1.69 bits per heavy atom. The van der Waals surface area contributed by atoms with Gasteiger partial charge in [-0.25, -0.2) is 10.0 Å². The highest BCUT2D eigenvalue weighted by Gasteiger charge is 2.40. The molecule has 29 heavy (non-hydrogen) atoms. The third-order valence-corrected chi connectivity index (χ3v) is 5.93. The fraction of sp³-hybridized carbons (Fsp3) is 0.174. The van der Waals surface area contributed by atoms with Gasteiger partial charge in [-0.15, -0.1) is 0 Å². The van der Waals surface area contributed by atoms with Gasteiger partial charge in [-0.3, -0.25) is 4.79 Å². The fourth-order valence-corrected chi connectivity index (χ4v) is 4.36. The van der Waals surface area contributed by atoms with Gasteiger partial charge < -0.3 is 4.74 Å². The van der Waals surface area contributed by atoms with E-state index in [1.54, 1.807) is 24.3 Å². The molecule has 1 unspecified atom stereocenters. The van der Waals surface area contributed by atoms with Gasteiger partial charge in [0.1, 0.15) is 5.75 Å². The lowest BCUT2D eigenvalue weighted by atomic mass is 9.93. The van der Waals surface area contributed by atoms with Crippen LogP contribution in [0.5, 0.6) is 5.75 Å². The number of anilines is 1. The summed E-state index contributed by atoms with van der Waals surface area (Å²) in [6.45, 7) is 0.358. The van der Waals surface area contributed by atoms with Gasteiger partial charge in [0.05, 0.1) is 23.7 Å². The highest BCUT2D eigenvalue weighted by atomic mass is 35.5. The minimum atomic E-state index is -0.342. The van der Waals surface area contributed by atoms with E-state index in [1.807, 2.05) is 66.7 Å². The second kappa shape index (κ2) is 8.07. The lowest BCUT2D eigenvalue weighted by molar-refractivity contribution is -0.121. The van der Waals surface area contributed by atoms with Crippen molar-refractivity contribution in [2.45, 2.75) is 12.5 Å². The van der Waals surface area contributed by atoms with Gasteiger partial charge in [-0.1, -0.05) is 71.7 Å². The minimum absolute atomic E-state index is 0.00459. The maximum atomic E-state index is 13.5. The number of rotatable bonds is 5. The summed E-state index contributed by atoms with van der Waals surface area (Å²) in [5.74, 6) is 0.205. The van der Waals surface area contributed by atoms with Crippen LogP contribution in [0.15, 0.2) is 66.7 Å². The number of para-hydroxylation sites is 1. The van der Waals surface area contributed by atoms with E-state index in [1.165, 1.54) is 0 Å². The van der Waals surface area contributed by atoms with Gasteiger partial charge in [0.25, 0.3) is 5.91 Å². The molecule has 0 bridgehead atoms. The summed E-state index contributed by atoms with van der Waals surface area (Å²) in [6, 6.07) is 21.2. The molecule has 1 atom stereocenters. The van der Waals surface area contributed by atoms with E-state index in [-0.39, 0.29) is 11.8 Å². The summed E-state index contributed by atoms with van der Waals surface area (Å²) in [4.78, 5) is 13.5.